The Kier molecular flexibility index (Phi) is 6.67. The minimum absolute atomic E-state index is 0.587. The number of hydrogen-bond acceptors (Lipinski definition) is 4. The normalized spacial score (nSPS) is 10.8. The van der Waals surface area contributed by atoms with Crippen molar-refractivity contribution in [1.29, 1.82) is 0 Å². The lowest BCUT2D eigenvalue weighted by Gasteiger charge is -2.09. The highest BCUT2D eigenvalue weighted by atomic mass is 35.5. The molecule has 6 heteroatoms. The van der Waals surface area contributed by atoms with Gasteiger partial charge in [-0.15, -0.1) is 0 Å². The molecule has 1 heterocycles. The van der Waals surface area contributed by atoms with Gasteiger partial charge in [0.15, 0.2) is 11.5 Å². The van der Waals surface area contributed by atoms with Gasteiger partial charge in [-0.2, -0.15) is 0 Å². The maximum absolute atomic E-state index is 6.05. The average Bonchev–Trinajstić information content (AvgIpc) is 3.13. The van der Waals surface area contributed by atoms with Crippen molar-refractivity contribution in [3.8, 4) is 22.8 Å². The van der Waals surface area contributed by atoms with Crippen LogP contribution in [0.3, 0.4) is 0 Å². The Morgan fingerprint density at radius 2 is 1.63 bits per heavy atom. The molecule has 0 unspecified atom stereocenters. The Hall–Kier alpha value is -2.14. The molecule has 1 aromatic heterocycles. The fraction of sp³-hybridized carbons (Fsp3) is 0.238. The number of methoxy groups -OCH3 is 2. The van der Waals surface area contributed by atoms with Crippen LogP contribution in [0.25, 0.3) is 11.3 Å². The van der Waals surface area contributed by atoms with Gasteiger partial charge >= 0.3 is 0 Å². The van der Waals surface area contributed by atoms with E-state index in [4.69, 9.17) is 37.1 Å². The molecule has 2 aromatic carbocycles. The van der Waals surface area contributed by atoms with Crippen molar-refractivity contribution >= 4 is 23.2 Å². The summed E-state index contributed by atoms with van der Waals surface area (Å²) < 4.78 is 16.5. The summed E-state index contributed by atoms with van der Waals surface area (Å²) in [5, 5.41) is 4.56. The summed E-state index contributed by atoms with van der Waals surface area (Å²) >= 11 is 12.1. The van der Waals surface area contributed by atoms with E-state index < -0.39 is 0 Å². The fourth-order valence-corrected chi connectivity index (χ4v) is 3.33. The maximum atomic E-state index is 6.05. The molecular formula is C21H21Cl2NO3. The van der Waals surface area contributed by atoms with Crippen LogP contribution in [0.2, 0.25) is 10.0 Å². The van der Waals surface area contributed by atoms with Gasteiger partial charge in [-0.05, 0) is 61.0 Å². The summed E-state index contributed by atoms with van der Waals surface area (Å²) in [6, 6.07) is 15.2. The average molecular weight is 406 g/mol. The molecule has 0 aliphatic rings. The minimum Gasteiger partial charge on any atom is -0.493 e. The molecule has 4 nitrogen and oxygen atoms in total. The Morgan fingerprint density at radius 3 is 2.33 bits per heavy atom. The molecule has 0 saturated carbocycles. The van der Waals surface area contributed by atoms with Gasteiger partial charge in [0.25, 0.3) is 0 Å². The minimum atomic E-state index is 0.587. The number of ether oxygens (including phenoxy) is 2. The number of nitrogens with one attached hydrogen (secondary N) is 1. The van der Waals surface area contributed by atoms with E-state index in [9.17, 15) is 0 Å². The van der Waals surface area contributed by atoms with Gasteiger partial charge in [-0.3, -0.25) is 0 Å². The molecule has 0 atom stereocenters. The standard InChI is InChI=1S/C21H21Cl2NO3/c1-25-20-5-3-14(9-21(20)26-2)7-8-24-13-18-4-6-19(27-18)15-10-16(22)12-17(23)11-15/h3-6,9-12,24H,7-8,13H2,1-2H3. The fourth-order valence-electron chi connectivity index (χ4n) is 2.80. The highest BCUT2D eigenvalue weighted by Gasteiger charge is 2.08. The third-order valence-electron chi connectivity index (χ3n) is 4.15. The number of furan rings is 1. The van der Waals surface area contributed by atoms with Gasteiger partial charge in [0.1, 0.15) is 11.5 Å². The van der Waals surface area contributed by atoms with Crippen molar-refractivity contribution in [2.45, 2.75) is 13.0 Å². The predicted molar refractivity (Wildman–Crippen MR) is 109 cm³/mol. The van der Waals surface area contributed by atoms with E-state index in [0.717, 1.165) is 41.5 Å². The zero-order valence-corrected chi connectivity index (χ0v) is 16.7. The Morgan fingerprint density at radius 1 is 0.889 bits per heavy atom. The van der Waals surface area contributed by atoms with Crippen LogP contribution in [0, 0.1) is 0 Å². The zero-order chi connectivity index (χ0) is 19.2. The summed E-state index contributed by atoms with van der Waals surface area (Å²) in [5.41, 5.74) is 2.04. The molecule has 0 bridgehead atoms. The number of halogens is 2. The topological polar surface area (TPSA) is 43.6 Å². The third kappa shape index (κ3) is 5.19. The summed E-state index contributed by atoms with van der Waals surface area (Å²) in [7, 11) is 3.27. The molecule has 0 radical (unpaired) electrons. The smallest absolute Gasteiger partial charge is 0.160 e. The van der Waals surface area contributed by atoms with E-state index >= 15 is 0 Å². The number of rotatable bonds is 8. The van der Waals surface area contributed by atoms with Crippen molar-refractivity contribution in [1.82, 2.24) is 5.32 Å². The van der Waals surface area contributed by atoms with Gasteiger partial charge in [0.2, 0.25) is 0 Å². The lowest BCUT2D eigenvalue weighted by atomic mass is 10.1. The number of hydrogen-bond donors (Lipinski definition) is 1. The van der Waals surface area contributed by atoms with Gasteiger partial charge in [0.05, 0.1) is 20.8 Å². The second-order valence-electron chi connectivity index (χ2n) is 6.04. The van der Waals surface area contributed by atoms with Crippen LogP contribution in [0.1, 0.15) is 11.3 Å². The molecule has 0 spiro atoms. The first-order chi connectivity index (χ1) is 13.1. The van der Waals surface area contributed by atoms with E-state index in [2.05, 4.69) is 5.32 Å². The SMILES string of the molecule is COc1ccc(CCNCc2ccc(-c3cc(Cl)cc(Cl)c3)o2)cc1OC. The van der Waals surface area contributed by atoms with Crippen molar-refractivity contribution in [3.63, 3.8) is 0 Å². The molecule has 0 aliphatic heterocycles. The highest BCUT2D eigenvalue weighted by Crippen LogP contribution is 2.29. The van der Waals surface area contributed by atoms with E-state index in [1.807, 2.05) is 42.5 Å². The molecule has 1 N–H and O–H groups in total. The molecule has 3 rings (SSSR count). The maximum Gasteiger partial charge on any atom is 0.160 e. The first-order valence-electron chi connectivity index (χ1n) is 8.56. The predicted octanol–water partition coefficient (Wildman–Crippen LogP) is 5.60. The van der Waals surface area contributed by atoms with Crippen LogP contribution < -0.4 is 14.8 Å². The Labute approximate surface area is 169 Å². The largest absolute Gasteiger partial charge is 0.493 e. The van der Waals surface area contributed by atoms with Crippen LogP contribution in [0.5, 0.6) is 11.5 Å². The molecule has 0 aliphatic carbocycles. The first-order valence-corrected chi connectivity index (χ1v) is 9.31. The molecular weight excluding hydrogens is 385 g/mol. The van der Waals surface area contributed by atoms with Crippen LogP contribution in [0.15, 0.2) is 52.9 Å². The highest BCUT2D eigenvalue weighted by molar-refractivity contribution is 6.35. The Balaban J connectivity index is 1.53. The van der Waals surface area contributed by atoms with Crippen LogP contribution >= 0.6 is 23.2 Å². The molecule has 0 amide bonds. The molecule has 0 fully saturated rings. The van der Waals surface area contributed by atoms with Crippen LogP contribution in [0.4, 0.5) is 0 Å². The van der Waals surface area contributed by atoms with Gasteiger partial charge in [-0.1, -0.05) is 29.3 Å². The van der Waals surface area contributed by atoms with Gasteiger partial charge < -0.3 is 19.2 Å². The molecule has 0 saturated heterocycles. The quantitative estimate of drug-likeness (QED) is 0.495. The lowest BCUT2D eigenvalue weighted by Crippen LogP contribution is -2.16. The van der Waals surface area contributed by atoms with Crippen molar-refractivity contribution in [2.24, 2.45) is 0 Å². The van der Waals surface area contributed by atoms with Crippen molar-refractivity contribution in [2.75, 3.05) is 20.8 Å². The lowest BCUT2D eigenvalue weighted by molar-refractivity contribution is 0.354. The van der Waals surface area contributed by atoms with Gasteiger partial charge in [0, 0.05) is 15.6 Å². The second-order valence-corrected chi connectivity index (χ2v) is 6.91. The zero-order valence-electron chi connectivity index (χ0n) is 15.2. The van der Waals surface area contributed by atoms with Crippen molar-refractivity contribution in [3.05, 3.63) is 69.9 Å². The van der Waals surface area contributed by atoms with E-state index in [1.165, 1.54) is 5.56 Å². The van der Waals surface area contributed by atoms with E-state index in [0.29, 0.717) is 16.6 Å². The Bertz CT molecular complexity index is 888. The molecule has 3 aromatic rings. The van der Waals surface area contributed by atoms with E-state index in [1.54, 1.807) is 20.3 Å². The summed E-state index contributed by atoms with van der Waals surface area (Å²) in [6.45, 7) is 1.45. The van der Waals surface area contributed by atoms with Crippen LogP contribution in [-0.2, 0) is 13.0 Å². The third-order valence-corrected chi connectivity index (χ3v) is 4.58. The summed E-state index contributed by atoms with van der Waals surface area (Å²) in [6.07, 6.45) is 0.873. The monoisotopic (exact) mass is 405 g/mol. The molecule has 27 heavy (non-hydrogen) atoms. The second kappa shape index (κ2) is 9.18. The summed E-state index contributed by atoms with van der Waals surface area (Å²) in [5.74, 6) is 3.08. The molecule has 142 valence electrons. The van der Waals surface area contributed by atoms with Crippen molar-refractivity contribution < 1.29 is 13.9 Å². The van der Waals surface area contributed by atoms with Gasteiger partial charge in [-0.25, -0.2) is 0 Å². The van der Waals surface area contributed by atoms with E-state index in [-0.39, 0.29) is 0 Å². The first kappa shape index (κ1) is 19.6. The number of benzene rings is 2. The summed E-state index contributed by atoms with van der Waals surface area (Å²) in [4.78, 5) is 0. The van der Waals surface area contributed by atoms with Crippen LogP contribution in [-0.4, -0.2) is 20.8 Å².